The number of hydrogen-bond acceptors (Lipinski definition) is 2. The molecule has 0 fully saturated rings. The number of nitriles is 1. The Morgan fingerprint density at radius 2 is 2.27 bits per heavy atom. The van der Waals surface area contributed by atoms with Crippen LogP contribution in [0.1, 0.15) is 36.2 Å². The number of carbonyl (C=O) groups is 1. The SMILES string of the molecule is CCC(C)(C#N)c1cccc(C(=O)O)c1. The van der Waals surface area contributed by atoms with Gasteiger partial charge in [-0.3, -0.25) is 0 Å². The van der Waals surface area contributed by atoms with E-state index >= 15 is 0 Å². The molecule has 0 aliphatic rings. The molecule has 1 aromatic carbocycles. The maximum Gasteiger partial charge on any atom is 0.335 e. The fourth-order valence-electron chi connectivity index (χ4n) is 1.34. The van der Waals surface area contributed by atoms with Gasteiger partial charge in [-0.25, -0.2) is 4.79 Å². The Labute approximate surface area is 89.0 Å². The lowest BCUT2D eigenvalue weighted by Crippen LogP contribution is -2.18. The van der Waals surface area contributed by atoms with Gasteiger partial charge in [-0.15, -0.1) is 0 Å². The summed E-state index contributed by atoms with van der Waals surface area (Å²) >= 11 is 0. The molecule has 0 saturated heterocycles. The number of nitrogens with zero attached hydrogens (tertiary/aromatic N) is 1. The van der Waals surface area contributed by atoms with Gasteiger partial charge in [0, 0.05) is 0 Å². The third-order valence-corrected chi connectivity index (χ3v) is 2.70. The molecule has 0 spiro atoms. The van der Waals surface area contributed by atoms with E-state index in [1.165, 1.54) is 6.07 Å². The standard InChI is InChI=1S/C12H13NO2/c1-3-12(2,8-13)10-6-4-5-9(7-10)11(14)15/h4-7H,3H2,1-2H3,(H,14,15). The minimum atomic E-state index is -0.965. The highest BCUT2D eigenvalue weighted by molar-refractivity contribution is 5.87. The molecule has 1 unspecified atom stereocenters. The Kier molecular flexibility index (Phi) is 3.11. The number of carboxylic acids is 1. The second-order valence-electron chi connectivity index (χ2n) is 3.68. The second kappa shape index (κ2) is 4.14. The van der Waals surface area contributed by atoms with E-state index in [2.05, 4.69) is 6.07 Å². The number of hydrogen-bond donors (Lipinski definition) is 1. The Morgan fingerprint density at radius 3 is 2.73 bits per heavy atom. The van der Waals surface area contributed by atoms with Crippen molar-refractivity contribution >= 4 is 5.97 Å². The number of aromatic carboxylic acids is 1. The summed E-state index contributed by atoms with van der Waals surface area (Å²) in [6.45, 7) is 3.73. The monoisotopic (exact) mass is 203 g/mol. The zero-order chi connectivity index (χ0) is 11.5. The lowest BCUT2D eigenvalue weighted by Gasteiger charge is -2.19. The molecule has 1 N–H and O–H groups in total. The van der Waals surface area contributed by atoms with Crippen molar-refractivity contribution in [1.29, 1.82) is 5.26 Å². The Bertz CT molecular complexity index is 420. The van der Waals surface area contributed by atoms with E-state index in [0.717, 1.165) is 5.56 Å². The van der Waals surface area contributed by atoms with E-state index in [0.29, 0.717) is 6.42 Å². The van der Waals surface area contributed by atoms with Gasteiger partial charge in [-0.05, 0) is 31.0 Å². The van der Waals surface area contributed by atoms with Crippen molar-refractivity contribution in [3.63, 3.8) is 0 Å². The Hall–Kier alpha value is -1.82. The smallest absolute Gasteiger partial charge is 0.335 e. The largest absolute Gasteiger partial charge is 0.478 e. The van der Waals surface area contributed by atoms with E-state index in [9.17, 15) is 4.79 Å². The zero-order valence-corrected chi connectivity index (χ0v) is 8.82. The van der Waals surface area contributed by atoms with E-state index < -0.39 is 11.4 Å². The van der Waals surface area contributed by atoms with Gasteiger partial charge in [0.2, 0.25) is 0 Å². The van der Waals surface area contributed by atoms with Crippen LogP contribution in [-0.4, -0.2) is 11.1 Å². The van der Waals surface area contributed by atoms with Gasteiger partial charge in [0.05, 0.1) is 17.0 Å². The average molecular weight is 203 g/mol. The first-order valence-electron chi connectivity index (χ1n) is 4.78. The first kappa shape index (κ1) is 11.3. The van der Waals surface area contributed by atoms with E-state index in [4.69, 9.17) is 10.4 Å². The molecule has 0 aliphatic heterocycles. The number of rotatable bonds is 3. The topological polar surface area (TPSA) is 61.1 Å². The lowest BCUT2D eigenvalue weighted by atomic mass is 9.81. The van der Waals surface area contributed by atoms with Crippen LogP contribution in [0.15, 0.2) is 24.3 Å². The highest BCUT2D eigenvalue weighted by Crippen LogP contribution is 2.27. The van der Waals surface area contributed by atoms with Crippen molar-refractivity contribution in [2.75, 3.05) is 0 Å². The minimum absolute atomic E-state index is 0.224. The van der Waals surface area contributed by atoms with Gasteiger partial charge >= 0.3 is 5.97 Å². The Morgan fingerprint density at radius 1 is 1.60 bits per heavy atom. The van der Waals surface area contributed by atoms with Crippen LogP contribution in [0, 0.1) is 11.3 Å². The predicted octanol–water partition coefficient (Wildman–Crippen LogP) is 2.58. The summed E-state index contributed by atoms with van der Waals surface area (Å²) in [6.07, 6.45) is 0.659. The van der Waals surface area contributed by atoms with E-state index in [1.54, 1.807) is 18.2 Å². The van der Waals surface area contributed by atoms with Crippen molar-refractivity contribution in [3.05, 3.63) is 35.4 Å². The van der Waals surface area contributed by atoms with Gasteiger partial charge in [-0.2, -0.15) is 5.26 Å². The molecule has 0 bridgehead atoms. The summed E-state index contributed by atoms with van der Waals surface area (Å²) in [4.78, 5) is 10.8. The van der Waals surface area contributed by atoms with Crippen molar-refractivity contribution < 1.29 is 9.90 Å². The van der Waals surface area contributed by atoms with Crippen LogP contribution in [0.5, 0.6) is 0 Å². The first-order chi connectivity index (χ1) is 7.03. The van der Waals surface area contributed by atoms with Gasteiger partial charge < -0.3 is 5.11 Å². The maximum atomic E-state index is 10.8. The molecule has 0 heterocycles. The van der Waals surface area contributed by atoms with Crippen LogP contribution in [-0.2, 0) is 5.41 Å². The third kappa shape index (κ3) is 2.16. The summed E-state index contributed by atoms with van der Waals surface area (Å²) in [7, 11) is 0. The molecule has 0 radical (unpaired) electrons. The molecule has 15 heavy (non-hydrogen) atoms. The zero-order valence-electron chi connectivity index (χ0n) is 8.82. The first-order valence-corrected chi connectivity index (χ1v) is 4.78. The van der Waals surface area contributed by atoms with Crippen LogP contribution in [0.4, 0.5) is 0 Å². The van der Waals surface area contributed by atoms with Crippen molar-refractivity contribution in [2.45, 2.75) is 25.7 Å². The molecule has 1 aromatic rings. The highest BCUT2D eigenvalue weighted by Gasteiger charge is 2.24. The van der Waals surface area contributed by atoms with Gasteiger partial charge in [-0.1, -0.05) is 19.1 Å². The molecule has 0 amide bonds. The summed E-state index contributed by atoms with van der Waals surface area (Å²) < 4.78 is 0. The van der Waals surface area contributed by atoms with Crippen LogP contribution < -0.4 is 0 Å². The summed E-state index contributed by atoms with van der Waals surface area (Å²) in [5.41, 5.74) is 0.376. The minimum Gasteiger partial charge on any atom is -0.478 e. The normalized spacial score (nSPS) is 13.9. The molecule has 3 heteroatoms. The summed E-state index contributed by atoms with van der Waals surface area (Å²) in [5, 5.41) is 17.9. The average Bonchev–Trinajstić information content (AvgIpc) is 2.28. The van der Waals surface area contributed by atoms with Crippen LogP contribution in [0.2, 0.25) is 0 Å². The maximum absolute atomic E-state index is 10.8. The molecule has 0 aliphatic carbocycles. The predicted molar refractivity (Wildman–Crippen MR) is 56.7 cm³/mol. The van der Waals surface area contributed by atoms with Gasteiger partial charge in [0.25, 0.3) is 0 Å². The molecular weight excluding hydrogens is 190 g/mol. The molecule has 78 valence electrons. The van der Waals surface area contributed by atoms with E-state index in [1.807, 2.05) is 13.8 Å². The van der Waals surface area contributed by atoms with E-state index in [-0.39, 0.29) is 5.56 Å². The number of benzene rings is 1. The van der Waals surface area contributed by atoms with Crippen molar-refractivity contribution in [3.8, 4) is 6.07 Å². The third-order valence-electron chi connectivity index (χ3n) is 2.70. The lowest BCUT2D eigenvalue weighted by molar-refractivity contribution is 0.0696. The van der Waals surface area contributed by atoms with Crippen LogP contribution in [0.3, 0.4) is 0 Å². The van der Waals surface area contributed by atoms with Crippen molar-refractivity contribution in [2.24, 2.45) is 0 Å². The quantitative estimate of drug-likeness (QED) is 0.821. The Balaban J connectivity index is 3.22. The molecule has 0 aromatic heterocycles. The van der Waals surface area contributed by atoms with Crippen molar-refractivity contribution in [1.82, 2.24) is 0 Å². The number of carboxylic acid groups (broad SMARTS) is 1. The van der Waals surface area contributed by atoms with Crippen LogP contribution in [0.25, 0.3) is 0 Å². The molecular formula is C12H13NO2. The fourth-order valence-corrected chi connectivity index (χ4v) is 1.34. The molecule has 1 rings (SSSR count). The summed E-state index contributed by atoms with van der Waals surface area (Å²) in [5.74, 6) is -0.965. The molecule has 0 saturated carbocycles. The van der Waals surface area contributed by atoms with Gasteiger partial charge in [0.15, 0.2) is 0 Å². The second-order valence-corrected chi connectivity index (χ2v) is 3.68. The van der Waals surface area contributed by atoms with Crippen LogP contribution >= 0.6 is 0 Å². The highest BCUT2D eigenvalue weighted by atomic mass is 16.4. The molecule has 3 nitrogen and oxygen atoms in total. The molecule has 1 atom stereocenters. The summed E-state index contributed by atoms with van der Waals surface area (Å²) in [6, 6.07) is 8.77. The fraction of sp³-hybridized carbons (Fsp3) is 0.333. The van der Waals surface area contributed by atoms with Gasteiger partial charge in [0.1, 0.15) is 0 Å².